The van der Waals surface area contributed by atoms with Gasteiger partial charge in [0.05, 0.1) is 6.26 Å². The Bertz CT molecular complexity index is 824. The number of aromatic nitrogens is 1. The second-order valence-corrected chi connectivity index (χ2v) is 8.79. The lowest BCUT2D eigenvalue weighted by Gasteiger charge is -2.28. The maximum Gasteiger partial charge on any atom is 0.224 e. The number of carbonyl (C=O) groups excluding carboxylic acids is 1. The Morgan fingerprint density at radius 1 is 1.04 bits per heavy atom. The van der Waals surface area contributed by atoms with Crippen LogP contribution in [0, 0.1) is 0 Å². The number of pyridine rings is 1. The van der Waals surface area contributed by atoms with Gasteiger partial charge in [0.1, 0.15) is 0 Å². The average Bonchev–Trinajstić information content (AvgIpc) is 2.63. The first-order chi connectivity index (χ1) is 12.8. The number of hydrogen-bond acceptors (Lipinski definition) is 4. The highest BCUT2D eigenvalue weighted by Gasteiger charge is 2.22. The van der Waals surface area contributed by atoms with E-state index in [9.17, 15) is 13.2 Å². The fourth-order valence-electron chi connectivity index (χ4n) is 2.76. The molecular formula is C20H27N3O3S. The molecular weight excluding hydrogens is 362 g/mol. The molecule has 0 atom stereocenters. The summed E-state index contributed by atoms with van der Waals surface area (Å²) in [6, 6.07) is 13.4. The largest absolute Gasteiger partial charge is 0.336 e. The van der Waals surface area contributed by atoms with Gasteiger partial charge in [0.15, 0.2) is 0 Å². The van der Waals surface area contributed by atoms with Crippen molar-refractivity contribution >= 4 is 15.9 Å². The molecule has 27 heavy (non-hydrogen) atoms. The van der Waals surface area contributed by atoms with Gasteiger partial charge in [0.25, 0.3) is 0 Å². The monoisotopic (exact) mass is 389 g/mol. The van der Waals surface area contributed by atoms with Gasteiger partial charge >= 0.3 is 0 Å². The van der Waals surface area contributed by atoms with E-state index < -0.39 is 10.0 Å². The third-order valence-corrected chi connectivity index (χ3v) is 5.51. The molecule has 0 N–H and O–H groups in total. The molecule has 2 rings (SSSR count). The first-order valence-corrected chi connectivity index (χ1v) is 10.8. The van der Waals surface area contributed by atoms with Crippen LogP contribution in [0.4, 0.5) is 0 Å². The van der Waals surface area contributed by atoms with Crippen molar-refractivity contribution in [3.05, 3.63) is 66.0 Å². The predicted molar refractivity (Wildman–Crippen MR) is 106 cm³/mol. The third kappa shape index (κ3) is 6.77. The Kier molecular flexibility index (Phi) is 7.50. The summed E-state index contributed by atoms with van der Waals surface area (Å²) in [5.74, 6) is -0.0614. The minimum atomic E-state index is -3.43. The van der Waals surface area contributed by atoms with Crippen molar-refractivity contribution in [1.29, 1.82) is 0 Å². The molecule has 0 aliphatic rings. The Morgan fingerprint density at radius 3 is 2.26 bits per heavy atom. The fraction of sp³-hybridized carbons (Fsp3) is 0.400. The van der Waals surface area contributed by atoms with Gasteiger partial charge in [-0.05, 0) is 31.0 Å². The highest BCUT2D eigenvalue weighted by atomic mass is 32.2. The molecule has 0 unspecified atom stereocenters. The predicted octanol–water partition coefficient (Wildman–Crippen LogP) is 2.67. The van der Waals surface area contributed by atoms with Crippen molar-refractivity contribution in [1.82, 2.24) is 14.2 Å². The zero-order valence-electron chi connectivity index (χ0n) is 16.1. The van der Waals surface area contributed by atoms with Gasteiger partial charge in [0.2, 0.25) is 15.9 Å². The van der Waals surface area contributed by atoms with E-state index in [1.165, 1.54) is 4.31 Å². The topological polar surface area (TPSA) is 70.6 Å². The van der Waals surface area contributed by atoms with Gasteiger partial charge < -0.3 is 4.90 Å². The minimum Gasteiger partial charge on any atom is -0.336 e. The first-order valence-electron chi connectivity index (χ1n) is 8.95. The van der Waals surface area contributed by atoms with Crippen LogP contribution in [-0.4, -0.2) is 47.4 Å². The molecule has 0 aliphatic carbocycles. The Labute approximate surface area is 161 Å². The molecule has 0 saturated heterocycles. The van der Waals surface area contributed by atoms with Crippen LogP contribution in [0.1, 0.15) is 31.4 Å². The van der Waals surface area contributed by atoms with Crippen molar-refractivity contribution < 1.29 is 13.2 Å². The van der Waals surface area contributed by atoms with E-state index in [0.29, 0.717) is 6.54 Å². The second-order valence-electron chi connectivity index (χ2n) is 6.81. The zero-order valence-corrected chi connectivity index (χ0v) is 16.9. The average molecular weight is 390 g/mol. The lowest BCUT2D eigenvalue weighted by Crippen LogP contribution is -2.39. The number of amides is 1. The van der Waals surface area contributed by atoms with Crippen LogP contribution in [0.2, 0.25) is 0 Å². The molecule has 2 aromatic rings. The molecule has 0 saturated carbocycles. The van der Waals surface area contributed by atoms with E-state index in [1.54, 1.807) is 23.4 Å². The highest BCUT2D eigenvalue weighted by molar-refractivity contribution is 7.88. The summed E-state index contributed by atoms with van der Waals surface area (Å²) >= 11 is 0. The molecule has 0 spiro atoms. The quantitative estimate of drug-likeness (QED) is 0.661. The summed E-state index contributed by atoms with van der Waals surface area (Å²) in [7, 11) is -3.43. The van der Waals surface area contributed by atoms with Gasteiger partial charge in [-0.1, -0.05) is 36.4 Å². The van der Waals surface area contributed by atoms with Gasteiger partial charge in [-0.3, -0.25) is 9.78 Å². The van der Waals surface area contributed by atoms with E-state index in [-0.39, 0.29) is 31.5 Å². The van der Waals surface area contributed by atoms with E-state index in [4.69, 9.17) is 0 Å². The van der Waals surface area contributed by atoms with Crippen LogP contribution >= 0.6 is 0 Å². The smallest absolute Gasteiger partial charge is 0.224 e. The molecule has 1 aromatic carbocycles. The van der Waals surface area contributed by atoms with Crippen molar-refractivity contribution in [3.63, 3.8) is 0 Å². The Hall–Kier alpha value is -2.25. The number of rotatable bonds is 9. The number of benzene rings is 1. The summed E-state index contributed by atoms with van der Waals surface area (Å²) in [6.07, 6.45) is 4.58. The van der Waals surface area contributed by atoms with Crippen molar-refractivity contribution in [2.24, 2.45) is 0 Å². The summed E-state index contributed by atoms with van der Waals surface area (Å²) in [6.45, 7) is 4.79. The van der Waals surface area contributed by atoms with Crippen molar-refractivity contribution in [2.75, 3.05) is 12.8 Å². The van der Waals surface area contributed by atoms with Gasteiger partial charge in [-0.25, -0.2) is 8.42 Å². The Balaban J connectivity index is 2.04. The van der Waals surface area contributed by atoms with Crippen LogP contribution in [0.5, 0.6) is 0 Å². The SMILES string of the molecule is CC(C)N(Cc1ccccc1)C(=O)CCN(Cc1cccnc1)S(C)(=O)=O. The number of sulfonamides is 1. The van der Waals surface area contributed by atoms with E-state index >= 15 is 0 Å². The minimum absolute atomic E-state index is 0.0303. The summed E-state index contributed by atoms with van der Waals surface area (Å²) < 4.78 is 25.6. The molecule has 1 heterocycles. The highest BCUT2D eigenvalue weighted by Crippen LogP contribution is 2.13. The molecule has 1 amide bonds. The maximum absolute atomic E-state index is 12.8. The molecule has 146 valence electrons. The van der Waals surface area contributed by atoms with Crippen LogP contribution in [0.15, 0.2) is 54.9 Å². The van der Waals surface area contributed by atoms with Crippen LogP contribution in [0.3, 0.4) is 0 Å². The third-order valence-electron chi connectivity index (χ3n) is 4.27. The molecule has 7 heteroatoms. The lowest BCUT2D eigenvalue weighted by molar-refractivity contribution is -0.133. The van der Waals surface area contributed by atoms with Crippen molar-refractivity contribution in [2.45, 2.75) is 39.4 Å². The van der Waals surface area contributed by atoms with Gasteiger partial charge in [-0.2, -0.15) is 4.31 Å². The number of carbonyl (C=O) groups is 1. The number of nitrogens with zero attached hydrogens (tertiary/aromatic N) is 3. The molecule has 0 fully saturated rings. The molecule has 0 radical (unpaired) electrons. The molecule has 6 nitrogen and oxygen atoms in total. The van der Waals surface area contributed by atoms with E-state index in [0.717, 1.165) is 17.4 Å². The van der Waals surface area contributed by atoms with Crippen molar-refractivity contribution in [3.8, 4) is 0 Å². The van der Waals surface area contributed by atoms with E-state index in [1.807, 2.05) is 50.2 Å². The fourth-order valence-corrected chi connectivity index (χ4v) is 3.57. The molecule has 0 aliphatic heterocycles. The second kappa shape index (κ2) is 9.62. The normalized spacial score (nSPS) is 11.7. The summed E-state index contributed by atoms with van der Waals surface area (Å²) in [5.41, 5.74) is 1.84. The lowest BCUT2D eigenvalue weighted by atomic mass is 10.1. The van der Waals surface area contributed by atoms with Gasteiger partial charge in [0, 0.05) is 44.5 Å². The standard InChI is InChI=1S/C20H27N3O3S/c1-17(2)23(16-18-8-5-4-6-9-18)20(24)11-13-22(27(3,25)26)15-19-10-7-12-21-14-19/h4-10,12,14,17H,11,13,15-16H2,1-3H3. The van der Waals surface area contributed by atoms with Crippen LogP contribution in [-0.2, 0) is 27.9 Å². The summed E-state index contributed by atoms with van der Waals surface area (Å²) in [5, 5.41) is 0. The van der Waals surface area contributed by atoms with Gasteiger partial charge in [-0.15, -0.1) is 0 Å². The molecule has 1 aromatic heterocycles. The zero-order chi connectivity index (χ0) is 19.9. The van der Waals surface area contributed by atoms with Crippen LogP contribution in [0.25, 0.3) is 0 Å². The van der Waals surface area contributed by atoms with Crippen LogP contribution < -0.4 is 0 Å². The van der Waals surface area contributed by atoms with E-state index in [2.05, 4.69) is 4.98 Å². The maximum atomic E-state index is 12.8. The summed E-state index contributed by atoms with van der Waals surface area (Å²) in [4.78, 5) is 18.6. The Morgan fingerprint density at radius 2 is 1.70 bits per heavy atom. The number of hydrogen-bond donors (Lipinski definition) is 0. The first kappa shape index (κ1) is 21.1. The molecule has 0 bridgehead atoms.